The van der Waals surface area contributed by atoms with E-state index in [-0.39, 0.29) is 11.9 Å². The highest BCUT2D eigenvalue weighted by Gasteiger charge is 2.41. The molecule has 4 heterocycles. The van der Waals surface area contributed by atoms with Gasteiger partial charge in [0, 0.05) is 44.6 Å². The summed E-state index contributed by atoms with van der Waals surface area (Å²) in [6.07, 6.45) is 12.9. The second-order valence-electron chi connectivity index (χ2n) is 8.59. The number of imidazole rings is 1. The number of ether oxygens (including phenoxy) is 1. The molecule has 30 heavy (non-hydrogen) atoms. The van der Waals surface area contributed by atoms with Crippen molar-refractivity contribution in [2.75, 3.05) is 30.1 Å². The maximum Gasteiger partial charge on any atom is 0.249 e. The van der Waals surface area contributed by atoms with Crippen molar-refractivity contribution < 1.29 is 9.53 Å². The van der Waals surface area contributed by atoms with E-state index in [1.165, 1.54) is 12.8 Å². The summed E-state index contributed by atoms with van der Waals surface area (Å²) in [7, 11) is 1.84. The summed E-state index contributed by atoms with van der Waals surface area (Å²) >= 11 is 0. The molecule has 0 bridgehead atoms. The predicted molar refractivity (Wildman–Crippen MR) is 114 cm³/mol. The molecule has 3 aliphatic rings. The number of nitrogens with zero attached hydrogens (tertiary/aromatic N) is 6. The van der Waals surface area contributed by atoms with E-state index in [1.807, 2.05) is 24.0 Å². The fourth-order valence-corrected chi connectivity index (χ4v) is 5.23. The minimum atomic E-state index is -0.161. The molecule has 2 aromatic heterocycles. The van der Waals surface area contributed by atoms with E-state index in [1.54, 1.807) is 11.1 Å². The number of hydrogen-bond donors (Lipinski definition) is 0. The second kappa shape index (κ2) is 7.98. The molecule has 2 fully saturated rings. The van der Waals surface area contributed by atoms with Gasteiger partial charge >= 0.3 is 0 Å². The Balaban J connectivity index is 1.57. The van der Waals surface area contributed by atoms with Crippen LogP contribution >= 0.6 is 0 Å². The number of hydrogen-bond acceptors (Lipinski definition) is 6. The van der Waals surface area contributed by atoms with Gasteiger partial charge in [-0.1, -0.05) is 19.8 Å². The summed E-state index contributed by atoms with van der Waals surface area (Å²) in [6, 6.07) is 0.206. The molecule has 1 unspecified atom stereocenters. The lowest BCUT2D eigenvalue weighted by Crippen LogP contribution is -2.55. The molecular weight excluding hydrogens is 380 g/mol. The SMILES string of the molecule is CCC1C(=O)N(C)c2cnc(-n3ccnc3C3CCOCC3)nc2N1C1CCCC1. The number of carbonyl (C=O) groups excluding carboxylic acids is 1. The molecule has 1 saturated carbocycles. The lowest BCUT2D eigenvalue weighted by atomic mass is 9.99. The molecule has 8 heteroatoms. The lowest BCUT2D eigenvalue weighted by Gasteiger charge is -2.43. The molecule has 1 aliphatic carbocycles. The molecule has 5 rings (SSSR count). The number of fused-ring (bicyclic) bond motifs is 1. The van der Waals surface area contributed by atoms with Crippen LogP contribution in [0.4, 0.5) is 11.5 Å². The van der Waals surface area contributed by atoms with Gasteiger partial charge in [-0.2, -0.15) is 4.98 Å². The Bertz CT molecular complexity index is 916. The molecule has 8 nitrogen and oxygen atoms in total. The van der Waals surface area contributed by atoms with Crippen molar-refractivity contribution in [1.29, 1.82) is 0 Å². The zero-order valence-corrected chi connectivity index (χ0v) is 17.8. The third-order valence-corrected chi connectivity index (χ3v) is 6.87. The summed E-state index contributed by atoms with van der Waals surface area (Å²) < 4.78 is 7.54. The van der Waals surface area contributed by atoms with Gasteiger partial charge in [0.15, 0.2) is 5.82 Å². The maximum absolute atomic E-state index is 13.1. The lowest BCUT2D eigenvalue weighted by molar-refractivity contribution is -0.120. The Kier molecular flexibility index (Phi) is 5.18. The highest BCUT2D eigenvalue weighted by Crippen LogP contribution is 2.40. The van der Waals surface area contributed by atoms with E-state index in [4.69, 9.17) is 9.72 Å². The van der Waals surface area contributed by atoms with E-state index in [0.717, 1.165) is 62.6 Å². The largest absolute Gasteiger partial charge is 0.381 e. The van der Waals surface area contributed by atoms with Gasteiger partial charge in [-0.05, 0) is 32.1 Å². The highest BCUT2D eigenvalue weighted by molar-refractivity contribution is 6.04. The summed E-state index contributed by atoms with van der Waals surface area (Å²) in [6.45, 7) is 3.62. The normalized spacial score (nSPS) is 23.3. The third kappa shape index (κ3) is 3.17. The van der Waals surface area contributed by atoms with Gasteiger partial charge in [0.05, 0.1) is 6.20 Å². The molecular formula is C22H30N6O2. The Labute approximate surface area is 177 Å². The summed E-state index contributed by atoms with van der Waals surface area (Å²) in [5.41, 5.74) is 0.799. The van der Waals surface area contributed by atoms with Crippen molar-refractivity contribution in [3.05, 3.63) is 24.4 Å². The molecule has 0 aromatic carbocycles. The number of carbonyl (C=O) groups is 1. The number of anilines is 2. The average Bonchev–Trinajstić information content (AvgIpc) is 3.48. The Hall–Kier alpha value is -2.48. The van der Waals surface area contributed by atoms with Crippen molar-refractivity contribution in [2.45, 2.75) is 69.9 Å². The highest BCUT2D eigenvalue weighted by atomic mass is 16.5. The van der Waals surface area contributed by atoms with Crippen LogP contribution in [0, 0.1) is 0 Å². The van der Waals surface area contributed by atoms with Crippen LogP contribution < -0.4 is 9.80 Å². The van der Waals surface area contributed by atoms with Gasteiger partial charge in [0.25, 0.3) is 0 Å². The predicted octanol–water partition coefficient (Wildman–Crippen LogP) is 3.06. The summed E-state index contributed by atoms with van der Waals surface area (Å²) in [5, 5.41) is 0. The first kappa shape index (κ1) is 19.5. The van der Waals surface area contributed by atoms with Gasteiger partial charge in [-0.25, -0.2) is 9.97 Å². The van der Waals surface area contributed by atoms with Crippen molar-refractivity contribution in [1.82, 2.24) is 19.5 Å². The smallest absolute Gasteiger partial charge is 0.249 e. The van der Waals surface area contributed by atoms with Crippen LogP contribution in [0.2, 0.25) is 0 Å². The molecule has 2 aromatic rings. The molecule has 0 spiro atoms. The van der Waals surface area contributed by atoms with Gasteiger partial charge in [0.2, 0.25) is 11.9 Å². The van der Waals surface area contributed by atoms with E-state index < -0.39 is 0 Å². The van der Waals surface area contributed by atoms with Crippen molar-refractivity contribution in [2.24, 2.45) is 0 Å². The molecule has 1 amide bonds. The van der Waals surface area contributed by atoms with E-state index in [2.05, 4.69) is 21.8 Å². The van der Waals surface area contributed by atoms with Gasteiger partial charge < -0.3 is 14.5 Å². The maximum atomic E-state index is 13.1. The number of amides is 1. The molecule has 1 atom stereocenters. The summed E-state index contributed by atoms with van der Waals surface area (Å²) in [4.78, 5) is 31.4. The van der Waals surface area contributed by atoms with Crippen molar-refractivity contribution in [3.8, 4) is 5.95 Å². The molecule has 1 saturated heterocycles. The molecule has 160 valence electrons. The Morgan fingerprint density at radius 2 is 1.90 bits per heavy atom. The molecule has 2 aliphatic heterocycles. The van der Waals surface area contributed by atoms with Crippen LogP contribution in [-0.4, -0.2) is 57.8 Å². The van der Waals surface area contributed by atoms with Crippen LogP contribution in [-0.2, 0) is 9.53 Å². The van der Waals surface area contributed by atoms with Crippen molar-refractivity contribution >= 4 is 17.4 Å². The number of rotatable bonds is 4. The average molecular weight is 411 g/mol. The Morgan fingerprint density at radius 3 is 2.63 bits per heavy atom. The standard InChI is InChI=1S/C22H30N6O2/c1-3-17-21(29)26(2)18-14-24-22(25-20(18)28(17)16-6-4-5-7-16)27-11-10-23-19(27)15-8-12-30-13-9-15/h10-11,14-17H,3-9,12-13H2,1-2H3. The Morgan fingerprint density at radius 1 is 1.13 bits per heavy atom. The van der Waals surface area contributed by atoms with Crippen LogP contribution in [0.5, 0.6) is 0 Å². The van der Waals surface area contributed by atoms with Gasteiger partial charge in [0.1, 0.15) is 17.6 Å². The van der Waals surface area contributed by atoms with Gasteiger partial charge in [-0.15, -0.1) is 0 Å². The first-order valence-electron chi connectivity index (χ1n) is 11.2. The quantitative estimate of drug-likeness (QED) is 0.771. The van der Waals surface area contributed by atoms with Gasteiger partial charge in [-0.3, -0.25) is 9.36 Å². The van der Waals surface area contributed by atoms with E-state index in [0.29, 0.717) is 17.9 Å². The molecule has 0 N–H and O–H groups in total. The van der Waals surface area contributed by atoms with Crippen LogP contribution in [0.25, 0.3) is 5.95 Å². The fraction of sp³-hybridized carbons (Fsp3) is 0.636. The monoisotopic (exact) mass is 410 g/mol. The van der Waals surface area contributed by atoms with E-state index >= 15 is 0 Å². The second-order valence-corrected chi connectivity index (χ2v) is 8.59. The van der Waals surface area contributed by atoms with Crippen molar-refractivity contribution in [3.63, 3.8) is 0 Å². The van der Waals surface area contributed by atoms with Crippen LogP contribution in [0.1, 0.15) is 63.6 Å². The zero-order valence-electron chi connectivity index (χ0n) is 17.8. The number of likely N-dealkylation sites (N-methyl/N-ethyl adjacent to an activating group) is 1. The first-order valence-corrected chi connectivity index (χ1v) is 11.2. The fourth-order valence-electron chi connectivity index (χ4n) is 5.23. The summed E-state index contributed by atoms with van der Waals surface area (Å²) in [5.74, 6) is 3.00. The third-order valence-electron chi connectivity index (χ3n) is 6.87. The minimum Gasteiger partial charge on any atom is -0.381 e. The van der Waals surface area contributed by atoms with E-state index in [9.17, 15) is 4.79 Å². The first-order chi connectivity index (χ1) is 14.7. The molecule has 0 radical (unpaired) electrons. The zero-order chi connectivity index (χ0) is 20.7. The number of aromatic nitrogens is 4. The topological polar surface area (TPSA) is 76.4 Å². The van der Waals surface area contributed by atoms with Crippen LogP contribution in [0.15, 0.2) is 18.6 Å². The van der Waals surface area contributed by atoms with Crippen LogP contribution in [0.3, 0.4) is 0 Å². The minimum absolute atomic E-state index is 0.138.